The van der Waals surface area contributed by atoms with Gasteiger partial charge in [0, 0.05) is 37.1 Å². The predicted molar refractivity (Wildman–Crippen MR) is 107 cm³/mol. The summed E-state index contributed by atoms with van der Waals surface area (Å²) in [5.41, 5.74) is 0. The van der Waals surface area contributed by atoms with Crippen LogP contribution in [0, 0.1) is 12.8 Å². The van der Waals surface area contributed by atoms with E-state index in [0.717, 1.165) is 18.0 Å². The summed E-state index contributed by atoms with van der Waals surface area (Å²) >= 11 is 1.71. The van der Waals surface area contributed by atoms with Crippen LogP contribution >= 0.6 is 35.3 Å². The first-order chi connectivity index (χ1) is 10.4. The first-order valence-electron chi connectivity index (χ1n) is 7.47. The van der Waals surface area contributed by atoms with E-state index < -0.39 is 9.84 Å². The molecule has 9 heteroatoms. The monoisotopic (exact) mass is 472 g/mol. The third-order valence-electron chi connectivity index (χ3n) is 3.74. The minimum Gasteiger partial charge on any atom is -0.356 e. The van der Waals surface area contributed by atoms with Crippen LogP contribution in [0.3, 0.4) is 0 Å². The molecule has 1 fully saturated rings. The highest BCUT2D eigenvalue weighted by Crippen LogP contribution is 2.20. The summed E-state index contributed by atoms with van der Waals surface area (Å²) in [6, 6.07) is 0. The second kappa shape index (κ2) is 9.16. The van der Waals surface area contributed by atoms with Gasteiger partial charge in [0.15, 0.2) is 15.8 Å². The topological polar surface area (TPSA) is 83.5 Å². The summed E-state index contributed by atoms with van der Waals surface area (Å²) in [6.45, 7) is 5.57. The molecule has 2 N–H and O–H groups in total. The molecule has 0 bridgehead atoms. The van der Waals surface area contributed by atoms with Gasteiger partial charge in [-0.3, -0.25) is 4.99 Å². The van der Waals surface area contributed by atoms with Crippen LogP contribution in [0.2, 0.25) is 0 Å². The van der Waals surface area contributed by atoms with E-state index in [1.54, 1.807) is 18.4 Å². The zero-order chi connectivity index (χ0) is 16.2. The van der Waals surface area contributed by atoms with Crippen molar-refractivity contribution in [2.45, 2.75) is 26.2 Å². The molecule has 1 aliphatic heterocycles. The lowest BCUT2D eigenvalue weighted by Crippen LogP contribution is -2.41. The Morgan fingerprint density at radius 2 is 2.26 bits per heavy atom. The molecule has 0 spiro atoms. The highest BCUT2D eigenvalue weighted by atomic mass is 127. The van der Waals surface area contributed by atoms with E-state index in [0.29, 0.717) is 24.2 Å². The number of thiazole rings is 1. The Morgan fingerprint density at radius 3 is 2.78 bits per heavy atom. The molecular formula is C14H25IN4O2S2. The van der Waals surface area contributed by atoms with E-state index in [1.807, 2.05) is 6.20 Å². The summed E-state index contributed by atoms with van der Waals surface area (Å²) in [4.78, 5) is 9.79. The Hall–Kier alpha value is -0.420. The van der Waals surface area contributed by atoms with E-state index >= 15 is 0 Å². The highest BCUT2D eigenvalue weighted by Gasteiger charge is 2.27. The molecule has 0 aliphatic carbocycles. The molecule has 132 valence electrons. The maximum atomic E-state index is 11.4. The average Bonchev–Trinajstić information content (AvgIpc) is 3.04. The molecule has 1 aromatic rings. The summed E-state index contributed by atoms with van der Waals surface area (Å²) in [6.07, 6.45) is 2.63. The number of hydrogen-bond donors (Lipinski definition) is 2. The lowest BCUT2D eigenvalue weighted by atomic mass is 10.1. The fourth-order valence-electron chi connectivity index (χ4n) is 2.43. The van der Waals surface area contributed by atoms with E-state index in [2.05, 4.69) is 34.5 Å². The lowest BCUT2D eigenvalue weighted by Gasteiger charge is -2.16. The van der Waals surface area contributed by atoms with Crippen LogP contribution in [0.1, 0.15) is 29.1 Å². The number of nitrogens with zero attached hydrogens (tertiary/aromatic N) is 2. The van der Waals surface area contributed by atoms with Crippen LogP contribution in [0.4, 0.5) is 0 Å². The summed E-state index contributed by atoms with van der Waals surface area (Å²) in [5, 5.41) is 7.61. The number of halogens is 1. The molecule has 0 radical (unpaired) electrons. The third kappa shape index (κ3) is 6.54. The first kappa shape index (κ1) is 20.6. The molecule has 0 saturated carbocycles. The molecule has 2 heterocycles. The normalized spacial score (nSPS) is 21.5. The van der Waals surface area contributed by atoms with Crippen molar-refractivity contribution in [3.8, 4) is 0 Å². The number of aryl methyl sites for hydroxylation is 1. The maximum absolute atomic E-state index is 11.4. The lowest BCUT2D eigenvalue weighted by molar-refractivity contribution is 0.565. The Labute approximate surface area is 159 Å². The number of rotatable bonds is 5. The van der Waals surface area contributed by atoms with Gasteiger partial charge in [-0.25, -0.2) is 13.4 Å². The zero-order valence-electron chi connectivity index (χ0n) is 13.7. The summed E-state index contributed by atoms with van der Waals surface area (Å²) in [5.74, 6) is 1.80. The minimum absolute atomic E-state index is 0. The second-order valence-electron chi connectivity index (χ2n) is 5.81. The molecule has 2 atom stereocenters. The molecule has 1 saturated heterocycles. The number of aromatic nitrogens is 1. The van der Waals surface area contributed by atoms with Crippen molar-refractivity contribution in [3.05, 3.63) is 16.1 Å². The summed E-state index contributed by atoms with van der Waals surface area (Å²) in [7, 11) is -1.10. The van der Waals surface area contributed by atoms with E-state index in [9.17, 15) is 8.42 Å². The van der Waals surface area contributed by atoms with Gasteiger partial charge in [-0.05, 0) is 19.3 Å². The van der Waals surface area contributed by atoms with Gasteiger partial charge in [-0.15, -0.1) is 35.3 Å². The van der Waals surface area contributed by atoms with Crippen molar-refractivity contribution in [3.63, 3.8) is 0 Å². The van der Waals surface area contributed by atoms with Crippen LogP contribution in [0.25, 0.3) is 0 Å². The van der Waals surface area contributed by atoms with Crippen molar-refractivity contribution in [2.24, 2.45) is 10.9 Å². The fraction of sp³-hybridized carbons (Fsp3) is 0.714. The molecule has 6 nitrogen and oxygen atoms in total. The van der Waals surface area contributed by atoms with Crippen molar-refractivity contribution < 1.29 is 8.42 Å². The van der Waals surface area contributed by atoms with Crippen LogP contribution in [0.15, 0.2) is 11.2 Å². The van der Waals surface area contributed by atoms with Gasteiger partial charge in [-0.2, -0.15) is 0 Å². The van der Waals surface area contributed by atoms with Gasteiger partial charge in [-0.1, -0.05) is 6.92 Å². The second-order valence-corrected chi connectivity index (χ2v) is 9.31. The molecule has 0 aromatic carbocycles. The Bertz CT molecular complexity index is 630. The maximum Gasteiger partial charge on any atom is 0.191 e. The standard InChI is InChI=1S/C14H24N4O2S2.HI/c1-10(13-16-7-11(2)21-13)6-17-14(15-3)18-8-12-4-5-22(19,20)9-12;/h7,10,12H,4-6,8-9H2,1-3H3,(H2,15,17,18);1H. The summed E-state index contributed by atoms with van der Waals surface area (Å²) < 4.78 is 22.9. The van der Waals surface area contributed by atoms with Gasteiger partial charge in [0.05, 0.1) is 16.5 Å². The van der Waals surface area contributed by atoms with E-state index in [-0.39, 0.29) is 35.6 Å². The molecule has 0 amide bonds. The van der Waals surface area contributed by atoms with Crippen LogP contribution in [-0.2, 0) is 9.84 Å². The van der Waals surface area contributed by atoms with E-state index in [4.69, 9.17) is 0 Å². The number of aliphatic imine (C=N–C) groups is 1. The van der Waals surface area contributed by atoms with Gasteiger partial charge < -0.3 is 10.6 Å². The first-order valence-corrected chi connectivity index (χ1v) is 10.1. The van der Waals surface area contributed by atoms with Crippen molar-refractivity contribution in [2.75, 3.05) is 31.6 Å². The quantitative estimate of drug-likeness (QED) is 0.388. The predicted octanol–water partition coefficient (Wildman–Crippen LogP) is 1.77. The Morgan fingerprint density at radius 1 is 1.52 bits per heavy atom. The number of hydrogen-bond acceptors (Lipinski definition) is 5. The molecule has 2 rings (SSSR count). The highest BCUT2D eigenvalue weighted by molar-refractivity contribution is 14.0. The van der Waals surface area contributed by atoms with Crippen molar-refractivity contribution in [1.29, 1.82) is 0 Å². The average molecular weight is 472 g/mol. The number of guanidine groups is 1. The fourth-order valence-corrected chi connectivity index (χ4v) is 5.12. The van der Waals surface area contributed by atoms with E-state index in [1.165, 1.54) is 4.88 Å². The molecule has 1 aliphatic rings. The Kier molecular flexibility index (Phi) is 8.22. The molecular weight excluding hydrogens is 447 g/mol. The molecule has 1 aromatic heterocycles. The van der Waals surface area contributed by atoms with Gasteiger partial charge >= 0.3 is 0 Å². The third-order valence-corrected chi connectivity index (χ3v) is 6.73. The van der Waals surface area contributed by atoms with Gasteiger partial charge in [0.2, 0.25) is 0 Å². The minimum atomic E-state index is -2.82. The van der Waals surface area contributed by atoms with Gasteiger partial charge in [0.25, 0.3) is 0 Å². The van der Waals surface area contributed by atoms with Crippen LogP contribution in [0.5, 0.6) is 0 Å². The SMILES string of the molecule is CN=C(NCC1CCS(=O)(=O)C1)NCC(C)c1ncc(C)s1.I. The molecule has 2 unspecified atom stereocenters. The van der Waals surface area contributed by atoms with Gasteiger partial charge in [0.1, 0.15) is 0 Å². The Balaban J connectivity index is 0.00000264. The smallest absolute Gasteiger partial charge is 0.191 e. The zero-order valence-corrected chi connectivity index (χ0v) is 17.7. The van der Waals surface area contributed by atoms with Crippen LogP contribution < -0.4 is 10.6 Å². The molecule has 23 heavy (non-hydrogen) atoms. The number of nitrogens with one attached hydrogen (secondary N) is 2. The van der Waals surface area contributed by atoms with Crippen molar-refractivity contribution in [1.82, 2.24) is 15.6 Å². The largest absolute Gasteiger partial charge is 0.356 e. The van der Waals surface area contributed by atoms with Crippen LogP contribution in [-0.4, -0.2) is 51.0 Å². The van der Waals surface area contributed by atoms with Crippen molar-refractivity contribution >= 4 is 51.1 Å². The number of sulfone groups is 1.